The number of amides is 1. The van der Waals surface area contributed by atoms with E-state index in [4.69, 9.17) is 11.6 Å². The van der Waals surface area contributed by atoms with Gasteiger partial charge in [0.05, 0.1) is 11.4 Å². The SMILES string of the molecule is CC(Cl)C(=O)N1CCCCc2ncccc21. The van der Waals surface area contributed by atoms with Crippen LogP contribution >= 0.6 is 11.6 Å². The number of hydrogen-bond acceptors (Lipinski definition) is 2. The summed E-state index contributed by atoms with van der Waals surface area (Å²) in [5, 5.41) is -0.480. The number of alkyl halides is 1. The Morgan fingerprint density at radius 3 is 3.12 bits per heavy atom. The third-order valence-corrected chi connectivity index (χ3v) is 3.00. The molecule has 0 spiro atoms. The highest BCUT2D eigenvalue weighted by molar-refractivity contribution is 6.32. The smallest absolute Gasteiger partial charge is 0.244 e. The molecule has 3 nitrogen and oxygen atoms in total. The molecular weight excluding hydrogens is 224 g/mol. The Balaban J connectivity index is 2.36. The van der Waals surface area contributed by atoms with Crippen LogP contribution in [0.15, 0.2) is 18.3 Å². The quantitative estimate of drug-likeness (QED) is 0.704. The van der Waals surface area contributed by atoms with Gasteiger partial charge in [0.2, 0.25) is 5.91 Å². The first-order valence-electron chi connectivity index (χ1n) is 5.59. The lowest BCUT2D eigenvalue weighted by Gasteiger charge is -2.23. The lowest BCUT2D eigenvalue weighted by molar-refractivity contribution is -0.118. The second-order valence-corrected chi connectivity index (χ2v) is 4.69. The van der Waals surface area contributed by atoms with E-state index in [1.165, 1.54) is 0 Å². The molecule has 2 rings (SSSR count). The van der Waals surface area contributed by atoms with Gasteiger partial charge in [0.25, 0.3) is 0 Å². The van der Waals surface area contributed by atoms with E-state index in [2.05, 4.69) is 4.98 Å². The van der Waals surface area contributed by atoms with Gasteiger partial charge in [-0.3, -0.25) is 9.78 Å². The average Bonchev–Trinajstić information content (AvgIpc) is 2.50. The predicted octanol–water partition coefficient (Wildman–Crippen LogP) is 2.38. The van der Waals surface area contributed by atoms with Crippen molar-refractivity contribution in [2.45, 2.75) is 31.6 Å². The summed E-state index contributed by atoms with van der Waals surface area (Å²) in [4.78, 5) is 18.1. The van der Waals surface area contributed by atoms with Gasteiger partial charge >= 0.3 is 0 Å². The molecule has 0 fully saturated rings. The number of carbonyl (C=O) groups is 1. The number of aromatic nitrogens is 1. The van der Waals surface area contributed by atoms with E-state index in [1.54, 1.807) is 18.0 Å². The molecule has 0 aromatic carbocycles. The van der Waals surface area contributed by atoms with Gasteiger partial charge in [0, 0.05) is 12.7 Å². The van der Waals surface area contributed by atoms with E-state index >= 15 is 0 Å². The fourth-order valence-corrected chi connectivity index (χ4v) is 2.11. The van der Waals surface area contributed by atoms with Crippen LogP contribution in [0, 0.1) is 0 Å². The van der Waals surface area contributed by atoms with Crippen LogP contribution < -0.4 is 4.90 Å². The first-order valence-corrected chi connectivity index (χ1v) is 6.03. The van der Waals surface area contributed by atoms with E-state index in [0.717, 1.165) is 37.2 Å². The average molecular weight is 239 g/mol. The molecule has 1 amide bonds. The number of pyridine rings is 1. The van der Waals surface area contributed by atoms with Crippen molar-refractivity contribution in [3.63, 3.8) is 0 Å². The van der Waals surface area contributed by atoms with Gasteiger partial charge in [-0.1, -0.05) is 0 Å². The van der Waals surface area contributed by atoms with Gasteiger partial charge in [-0.05, 0) is 38.3 Å². The van der Waals surface area contributed by atoms with Crippen LogP contribution in [0.25, 0.3) is 0 Å². The van der Waals surface area contributed by atoms with Gasteiger partial charge in [-0.25, -0.2) is 0 Å². The van der Waals surface area contributed by atoms with E-state index in [1.807, 2.05) is 12.1 Å². The summed E-state index contributed by atoms with van der Waals surface area (Å²) in [6, 6.07) is 3.81. The molecule has 0 saturated heterocycles. The summed E-state index contributed by atoms with van der Waals surface area (Å²) in [6.07, 6.45) is 4.80. The molecule has 1 unspecified atom stereocenters. The third kappa shape index (κ3) is 2.19. The minimum atomic E-state index is -0.480. The van der Waals surface area contributed by atoms with E-state index in [9.17, 15) is 4.79 Å². The van der Waals surface area contributed by atoms with E-state index in [0.29, 0.717) is 0 Å². The number of carbonyl (C=O) groups excluding carboxylic acids is 1. The molecule has 0 aliphatic carbocycles. The fraction of sp³-hybridized carbons (Fsp3) is 0.500. The van der Waals surface area contributed by atoms with E-state index in [-0.39, 0.29) is 5.91 Å². The Morgan fingerprint density at radius 1 is 1.56 bits per heavy atom. The monoisotopic (exact) mass is 238 g/mol. The molecular formula is C12H15ClN2O. The fourth-order valence-electron chi connectivity index (χ4n) is 1.99. The highest BCUT2D eigenvalue weighted by atomic mass is 35.5. The standard InChI is InChI=1S/C12H15ClN2O/c1-9(13)12(16)15-8-3-2-5-10-11(15)6-4-7-14-10/h4,6-7,9H,2-3,5,8H2,1H3. The van der Waals surface area contributed by atoms with Crippen molar-refractivity contribution in [2.24, 2.45) is 0 Å². The van der Waals surface area contributed by atoms with Crippen molar-refractivity contribution in [3.8, 4) is 0 Å². The largest absolute Gasteiger partial charge is 0.309 e. The molecule has 1 aliphatic rings. The van der Waals surface area contributed by atoms with Gasteiger partial charge in [-0.15, -0.1) is 11.6 Å². The Kier molecular flexibility index (Phi) is 3.44. The third-order valence-electron chi connectivity index (χ3n) is 2.81. The Bertz CT molecular complexity index is 392. The van der Waals surface area contributed by atoms with Crippen LogP contribution in [0.3, 0.4) is 0 Å². The topological polar surface area (TPSA) is 33.2 Å². The van der Waals surface area contributed by atoms with Crippen LogP contribution in [-0.4, -0.2) is 22.8 Å². The summed E-state index contributed by atoms with van der Waals surface area (Å²) >= 11 is 5.87. The molecule has 0 radical (unpaired) electrons. The van der Waals surface area contributed by atoms with Crippen LogP contribution in [-0.2, 0) is 11.2 Å². The van der Waals surface area contributed by atoms with Crippen molar-refractivity contribution in [2.75, 3.05) is 11.4 Å². The van der Waals surface area contributed by atoms with Gasteiger partial charge < -0.3 is 4.90 Å². The lowest BCUT2D eigenvalue weighted by atomic mass is 10.2. The number of aryl methyl sites for hydroxylation is 1. The zero-order valence-corrected chi connectivity index (χ0v) is 10.1. The van der Waals surface area contributed by atoms with E-state index < -0.39 is 5.38 Å². The summed E-state index contributed by atoms with van der Waals surface area (Å²) < 4.78 is 0. The highest BCUT2D eigenvalue weighted by Crippen LogP contribution is 2.25. The van der Waals surface area contributed by atoms with Crippen LogP contribution in [0.5, 0.6) is 0 Å². The molecule has 4 heteroatoms. The molecule has 2 heterocycles. The normalized spacial score (nSPS) is 17.5. The lowest BCUT2D eigenvalue weighted by Crippen LogP contribution is -2.36. The van der Waals surface area contributed by atoms with Crippen molar-refractivity contribution < 1.29 is 4.79 Å². The number of halogens is 1. The molecule has 1 aromatic heterocycles. The Hall–Kier alpha value is -1.09. The first-order chi connectivity index (χ1) is 7.70. The molecule has 1 aliphatic heterocycles. The first kappa shape index (κ1) is 11.4. The second-order valence-electron chi connectivity index (χ2n) is 4.03. The molecule has 1 aromatic rings. The molecule has 0 saturated carbocycles. The van der Waals surface area contributed by atoms with Gasteiger partial charge in [0.1, 0.15) is 5.38 Å². The highest BCUT2D eigenvalue weighted by Gasteiger charge is 2.24. The summed E-state index contributed by atoms with van der Waals surface area (Å²) in [7, 11) is 0. The summed E-state index contributed by atoms with van der Waals surface area (Å²) in [5.74, 6) is -0.0298. The molecule has 0 N–H and O–H groups in total. The van der Waals surface area contributed by atoms with Crippen LogP contribution in [0.1, 0.15) is 25.5 Å². The van der Waals surface area contributed by atoms with Crippen molar-refractivity contribution in [1.82, 2.24) is 4.98 Å². The van der Waals surface area contributed by atoms with Gasteiger partial charge in [-0.2, -0.15) is 0 Å². The maximum absolute atomic E-state index is 12.0. The molecule has 86 valence electrons. The minimum absolute atomic E-state index is 0.0298. The number of hydrogen-bond donors (Lipinski definition) is 0. The van der Waals surface area contributed by atoms with Crippen molar-refractivity contribution >= 4 is 23.2 Å². The minimum Gasteiger partial charge on any atom is -0.309 e. The number of anilines is 1. The van der Waals surface area contributed by atoms with Crippen molar-refractivity contribution in [1.29, 1.82) is 0 Å². The predicted molar refractivity (Wildman–Crippen MR) is 64.8 cm³/mol. The molecule has 1 atom stereocenters. The van der Waals surface area contributed by atoms with Crippen molar-refractivity contribution in [3.05, 3.63) is 24.0 Å². The van der Waals surface area contributed by atoms with Crippen LogP contribution in [0.4, 0.5) is 5.69 Å². The second kappa shape index (κ2) is 4.83. The number of nitrogens with zero attached hydrogens (tertiary/aromatic N) is 2. The summed E-state index contributed by atoms with van der Waals surface area (Å²) in [6.45, 7) is 2.46. The zero-order chi connectivity index (χ0) is 11.5. The zero-order valence-electron chi connectivity index (χ0n) is 9.32. The maximum Gasteiger partial charge on any atom is 0.244 e. The number of fused-ring (bicyclic) bond motifs is 1. The Labute approximate surface area is 100 Å². The summed E-state index contributed by atoms with van der Waals surface area (Å²) in [5.41, 5.74) is 1.93. The van der Waals surface area contributed by atoms with Gasteiger partial charge in [0.15, 0.2) is 0 Å². The molecule has 16 heavy (non-hydrogen) atoms. The van der Waals surface area contributed by atoms with Crippen LogP contribution in [0.2, 0.25) is 0 Å². The number of rotatable bonds is 1. The maximum atomic E-state index is 12.0. The Morgan fingerprint density at radius 2 is 2.38 bits per heavy atom. The molecule has 0 bridgehead atoms.